The first-order chi connectivity index (χ1) is 12.5. The van der Waals surface area contributed by atoms with Gasteiger partial charge in [0, 0.05) is 12.7 Å². The third-order valence-electron chi connectivity index (χ3n) is 4.75. The SMILES string of the molecule is O=C(O)c1cnn(-c2nc3c(F)nn(CC4CCCCC4)c3c(=O)[nH]2)c1. The maximum Gasteiger partial charge on any atom is 0.338 e. The molecule has 0 bridgehead atoms. The van der Waals surface area contributed by atoms with E-state index in [0.29, 0.717) is 12.5 Å². The van der Waals surface area contributed by atoms with E-state index in [-0.39, 0.29) is 22.5 Å². The van der Waals surface area contributed by atoms with Crippen molar-refractivity contribution in [2.75, 3.05) is 0 Å². The van der Waals surface area contributed by atoms with Crippen molar-refractivity contribution < 1.29 is 14.3 Å². The Balaban J connectivity index is 1.74. The Labute approximate surface area is 146 Å². The molecular weight excluding hydrogens is 343 g/mol. The monoisotopic (exact) mass is 360 g/mol. The molecule has 2 N–H and O–H groups in total. The normalized spacial score (nSPS) is 15.6. The van der Waals surface area contributed by atoms with Crippen molar-refractivity contribution in [3.63, 3.8) is 0 Å². The molecule has 0 aliphatic heterocycles. The van der Waals surface area contributed by atoms with Crippen LogP contribution >= 0.6 is 0 Å². The highest BCUT2D eigenvalue weighted by molar-refractivity contribution is 5.87. The molecule has 4 rings (SSSR count). The van der Waals surface area contributed by atoms with Gasteiger partial charge in [-0.15, -0.1) is 5.10 Å². The molecule has 1 fully saturated rings. The molecule has 0 radical (unpaired) electrons. The molecule has 0 spiro atoms. The van der Waals surface area contributed by atoms with Crippen LogP contribution in [0.4, 0.5) is 4.39 Å². The molecule has 9 nitrogen and oxygen atoms in total. The maximum absolute atomic E-state index is 14.3. The molecule has 136 valence electrons. The minimum atomic E-state index is -1.16. The van der Waals surface area contributed by atoms with E-state index in [0.717, 1.165) is 36.6 Å². The quantitative estimate of drug-likeness (QED) is 0.731. The lowest BCUT2D eigenvalue weighted by atomic mass is 9.89. The zero-order chi connectivity index (χ0) is 18.3. The van der Waals surface area contributed by atoms with E-state index < -0.39 is 17.5 Å². The summed E-state index contributed by atoms with van der Waals surface area (Å²) < 4.78 is 16.8. The van der Waals surface area contributed by atoms with Crippen LogP contribution in [0.15, 0.2) is 17.2 Å². The highest BCUT2D eigenvalue weighted by Gasteiger charge is 2.21. The molecule has 10 heteroatoms. The summed E-state index contributed by atoms with van der Waals surface area (Å²) in [6, 6.07) is 0. The van der Waals surface area contributed by atoms with E-state index in [1.807, 2.05) is 0 Å². The van der Waals surface area contributed by atoms with Gasteiger partial charge in [-0.25, -0.2) is 14.5 Å². The second-order valence-corrected chi connectivity index (χ2v) is 6.54. The average molecular weight is 360 g/mol. The lowest BCUT2D eigenvalue weighted by Crippen LogP contribution is -2.20. The predicted molar refractivity (Wildman–Crippen MR) is 88.8 cm³/mol. The lowest BCUT2D eigenvalue weighted by molar-refractivity contribution is 0.0697. The van der Waals surface area contributed by atoms with Crippen molar-refractivity contribution in [2.24, 2.45) is 5.92 Å². The summed E-state index contributed by atoms with van der Waals surface area (Å²) in [6.07, 6.45) is 7.87. The molecule has 1 saturated carbocycles. The molecule has 3 aromatic rings. The van der Waals surface area contributed by atoms with Gasteiger partial charge in [-0.2, -0.15) is 9.49 Å². The van der Waals surface area contributed by atoms with E-state index in [9.17, 15) is 14.0 Å². The van der Waals surface area contributed by atoms with Crippen LogP contribution in [0.2, 0.25) is 0 Å². The minimum absolute atomic E-state index is 0.0638. The zero-order valence-corrected chi connectivity index (χ0v) is 13.9. The number of nitrogens with zero attached hydrogens (tertiary/aromatic N) is 5. The lowest BCUT2D eigenvalue weighted by Gasteiger charge is -2.21. The van der Waals surface area contributed by atoms with Gasteiger partial charge in [0.2, 0.25) is 5.95 Å². The summed E-state index contributed by atoms with van der Waals surface area (Å²) >= 11 is 0. The fourth-order valence-electron chi connectivity index (χ4n) is 3.45. The minimum Gasteiger partial charge on any atom is -0.478 e. The smallest absolute Gasteiger partial charge is 0.338 e. The van der Waals surface area contributed by atoms with Gasteiger partial charge in [-0.05, 0) is 18.8 Å². The Morgan fingerprint density at radius 1 is 1.35 bits per heavy atom. The Kier molecular flexibility index (Phi) is 4.02. The molecule has 1 aliphatic carbocycles. The van der Waals surface area contributed by atoms with Gasteiger partial charge in [0.15, 0.2) is 11.0 Å². The summed E-state index contributed by atoms with van der Waals surface area (Å²) in [6.45, 7) is 0.482. The van der Waals surface area contributed by atoms with Crippen LogP contribution in [0.5, 0.6) is 0 Å². The number of aromatic amines is 1. The Hall–Kier alpha value is -3.04. The zero-order valence-electron chi connectivity index (χ0n) is 13.9. The fourth-order valence-corrected chi connectivity index (χ4v) is 3.45. The first kappa shape index (κ1) is 16.4. The highest BCUT2D eigenvalue weighted by atomic mass is 19.1. The van der Waals surface area contributed by atoms with Crippen molar-refractivity contribution >= 4 is 17.0 Å². The van der Waals surface area contributed by atoms with Crippen LogP contribution in [0.1, 0.15) is 42.5 Å². The van der Waals surface area contributed by atoms with Crippen LogP contribution < -0.4 is 5.56 Å². The Morgan fingerprint density at radius 2 is 2.12 bits per heavy atom. The standard InChI is InChI=1S/C16H17FN6O3/c17-13-11-12(22(21-13)7-9-4-2-1-3-5-9)14(24)20-16(19-11)23-8-10(6-18-23)15(25)26/h6,8-9H,1-5,7H2,(H,25,26)(H,19,20,24). The van der Waals surface area contributed by atoms with E-state index in [4.69, 9.17) is 5.11 Å². The number of H-pyrrole nitrogens is 1. The van der Waals surface area contributed by atoms with Crippen LogP contribution in [0.25, 0.3) is 17.0 Å². The molecular formula is C16H17FN6O3. The average Bonchev–Trinajstić information content (AvgIpc) is 3.22. The number of aromatic carboxylic acids is 1. The molecule has 3 aromatic heterocycles. The van der Waals surface area contributed by atoms with Gasteiger partial charge in [-0.1, -0.05) is 19.3 Å². The van der Waals surface area contributed by atoms with Crippen molar-refractivity contribution in [2.45, 2.75) is 38.6 Å². The first-order valence-corrected chi connectivity index (χ1v) is 8.47. The largest absolute Gasteiger partial charge is 0.478 e. The van der Waals surface area contributed by atoms with Crippen molar-refractivity contribution in [3.8, 4) is 5.95 Å². The van der Waals surface area contributed by atoms with Crippen molar-refractivity contribution in [3.05, 3.63) is 34.3 Å². The number of fused-ring (bicyclic) bond motifs is 1. The maximum atomic E-state index is 14.3. The number of nitrogens with one attached hydrogen (secondary N) is 1. The fraction of sp³-hybridized carbons (Fsp3) is 0.438. The number of aromatic nitrogens is 6. The number of carboxylic acid groups (broad SMARTS) is 1. The van der Waals surface area contributed by atoms with Gasteiger partial charge in [0.1, 0.15) is 0 Å². The summed E-state index contributed by atoms with van der Waals surface area (Å²) in [4.78, 5) is 30.1. The number of hydrogen-bond acceptors (Lipinski definition) is 5. The van der Waals surface area contributed by atoms with Gasteiger partial charge in [0.05, 0.1) is 11.8 Å². The third-order valence-corrected chi connectivity index (χ3v) is 4.75. The Bertz CT molecular complexity index is 1030. The van der Waals surface area contributed by atoms with Gasteiger partial charge >= 0.3 is 5.97 Å². The molecule has 1 aliphatic rings. The topological polar surface area (TPSA) is 119 Å². The predicted octanol–water partition coefficient (Wildman–Crippen LogP) is 1.72. The first-order valence-electron chi connectivity index (χ1n) is 8.47. The van der Waals surface area contributed by atoms with E-state index in [1.165, 1.54) is 17.3 Å². The molecule has 3 heterocycles. The van der Waals surface area contributed by atoms with Gasteiger partial charge in [0.25, 0.3) is 11.5 Å². The molecule has 0 aromatic carbocycles. The summed E-state index contributed by atoms with van der Waals surface area (Å²) in [5.41, 5.74) is -0.667. The summed E-state index contributed by atoms with van der Waals surface area (Å²) in [7, 11) is 0. The number of halogens is 1. The molecule has 0 unspecified atom stereocenters. The van der Waals surface area contributed by atoms with Crippen LogP contribution in [-0.4, -0.2) is 40.6 Å². The Morgan fingerprint density at radius 3 is 2.81 bits per heavy atom. The van der Waals surface area contributed by atoms with Crippen LogP contribution in [0, 0.1) is 11.9 Å². The molecule has 0 atom stereocenters. The van der Waals surface area contributed by atoms with E-state index in [1.54, 1.807) is 0 Å². The number of hydrogen-bond donors (Lipinski definition) is 2. The van der Waals surface area contributed by atoms with E-state index in [2.05, 4.69) is 20.2 Å². The summed E-state index contributed by atoms with van der Waals surface area (Å²) in [5, 5.41) is 16.7. The van der Waals surface area contributed by atoms with E-state index >= 15 is 0 Å². The van der Waals surface area contributed by atoms with Crippen LogP contribution in [-0.2, 0) is 6.54 Å². The second-order valence-electron chi connectivity index (χ2n) is 6.54. The van der Waals surface area contributed by atoms with Crippen molar-refractivity contribution in [1.82, 2.24) is 29.5 Å². The van der Waals surface area contributed by atoms with Crippen molar-refractivity contribution in [1.29, 1.82) is 0 Å². The third kappa shape index (κ3) is 2.87. The molecule has 26 heavy (non-hydrogen) atoms. The van der Waals surface area contributed by atoms with Gasteiger partial charge < -0.3 is 5.11 Å². The highest BCUT2D eigenvalue weighted by Crippen LogP contribution is 2.26. The number of rotatable bonds is 4. The number of carboxylic acids is 1. The molecule has 0 amide bonds. The number of carbonyl (C=O) groups is 1. The second kappa shape index (κ2) is 6.36. The summed E-state index contributed by atoms with van der Waals surface area (Å²) in [5.74, 6) is -1.68. The van der Waals surface area contributed by atoms with Gasteiger partial charge in [-0.3, -0.25) is 14.5 Å². The molecule has 0 saturated heterocycles. The van der Waals surface area contributed by atoms with Crippen LogP contribution in [0.3, 0.4) is 0 Å².